The monoisotopic (exact) mass is 410 g/mol. The van der Waals surface area contributed by atoms with Gasteiger partial charge in [0.25, 0.3) is 0 Å². The fourth-order valence-electron chi connectivity index (χ4n) is 7.79. The Morgan fingerprint density at radius 1 is 1.10 bits per heavy atom. The fourth-order valence-corrected chi connectivity index (χ4v) is 7.79. The topological polar surface area (TPSA) is 50.4 Å². The van der Waals surface area contributed by atoms with Crippen LogP contribution in [-0.4, -0.2) is 23.2 Å². The molecule has 0 aromatic carbocycles. The first-order valence-electron chi connectivity index (χ1n) is 10.9. The molecule has 160 valence electrons. The minimum Gasteiger partial charge on any atom is -0.457 e. The fraction of sp³-hybridized carbons (Fsp3) is 0.783. The Hall–Kier alpha value is -1.30. The second kappa shape index (κ2) is 6.12. The van der Waals surface area contributed by atoms with E-state index in [1.54, 1.807) is 0 Å². The maximum atomic E-state index is 12.9. The number of alkyl halides is 3. The SMILES string of the molecule is C[C@]12CCC3C(CC[C@H]4Cc5oc(C(=O)C(F)(F)F)cc5C[C@]34C)C1CC[C@@H]2O. The van der Waals surface area contributed by atoms with Gasteiger partial charge < -0.3 is 9.52 Å². The highest BCUT2D eigenvalue weighted by Crippen LogP contribution is 2.65. The molecular formula is C23H29F3O3. The van der Waals surface area contributed by atoms with Crippen LogP contribution in [0.15, 0.2) is 10.5 Å². The van der Waals surface area contributed by atoms with Crippen LogP contribution < -0.4 is 0 Å². The second-order valence-corrected chi connectivity index (χ2v) is 10.6. The van der Waals surface area contributed by atoms with Crippen LogP contribution in [0.3, 0.4) is 0 Å². The van der Waals surface area contributed by atoms with Gasteiger partial charge in [-0.05, 0) is 91.1 Å². The number of Topliss-reactive ketones (excluding diaryl/α,β-unsaturated/α-hetero) is 1. The summed E-state index contributed by atoms with van der Waals surface area (Å²) in [5.41, 5.74) is 0.830. The summed E-state index contributed by atoms with van der Waals surface area (Å²) in [4.78, 5) is 11.7. The molecule has 1 aromatic rings. The summed E-state index contributed by atoms with van der Waals surface area (Å²) < 4.78 is 44.0. The van der Waals surface area contributed by atoms with Crippen LogP contribution in [-0.2, 0) is 12.8 Å². The average molecular weight is 410 g/mol. The van der Waals surface area contributed by atoms with Crippen LogP contribution in [0.1, 0.15) is 74.3 Å². The highest BCUT2D eigenvalue weighted by molar-refractivity contribution is 5.98. The summed E-state index contributed by atoms with van der Waals surface area (Å²) >= 11 is 0. The summed E-state index contributed by atoms with van der Waals surface area (Å²) in [6.07, 6.45) is 2.45. The maximum absolute atomic E-state index is 12.9. The van der Waals surface area contributed by atoms with E-state index in [9.17, 15) is 23.1 Å². The van der Waals surface area contributed by atoms with Gasteiger partial charge in [0.1, 0.15) is 5.76 Å². The van der Waals surface area contributed by atoms with Gasteiger partial charge in [-0.3, -0.25) is 4.79 Å². The van der Waals surface area contributed by atoms with Crippen molar-refractivity contribution in [3.05, 3.63) is 23.2 Å². The Labute approximate surface area is 169 Å². The smallest absolute Gasteiger partial charge is 0.457 e. The highest BCUT2D eigenvalue weighted by Gasteiger charge is 2.60. The molecule has 1 aromatic heterocycles. The summed E-state index contributed by atoms with van der Waals surface area (Å²) in [5, 5.41) is 10.6. The number of hydrogen-bond acceptors (Lipinski definition) is 3. The molecule has 29 heavy (non-hydrogen) atoms. The Balaban J connectivity index is 1.45. The van der Waals surface area contributed by atoms with Crippen molar-refractivity contribution in [2.75, 3.05) is 0 Å². The summed E-state index contributed by atoms with van der Waals surface area (Å²) in [6, 6.07) is 1.35. The zero-order valence-electron chi connectivity index (χ0n) is 17.0. The third kappa shape index (κ3) is 2.70. The number of halogens is 3. The molecule has 0 saturated heterocycles. The summed E-state index contributed by atoms with van der Waals surface area (Å²) in [5.74, 6) is 0.165. The lowest BCUT2D eigenvalue weighted by molar-refractivity contribution is -0.112. The van der Waals surface area contributed by atoms with Crippen molar-refractivity contribution < 1.29 is 27.5 Å². The maximum Gasteiger partial charge on any atom is 0.458 e. The van der Waals surface area contributed by atoms with Crippen LogP contribution in [0.25, 0.3) is 0 Å². The van der Waals surface area contributed by atoms with E-state index in [2.05, 4.69) is 13.8 Å². The van der Waals surface area contributed by atoms with E-state index in [0.717, 1.165) is 44.1 Å². The van der Waals surface area contributed by atoms with E-state index in [-0.39, 0.29) is 16.9 Å². The molecule has 0 spiro atoms. The van der Waals surface area contributed by atoms with Crippen molar-refractivity contribution in [3.8, 4) is 0 Å². The summed E-state index contributed by atoms with van der Waals surface area (Å²) in [7, 11) is 0. The van der Waals surface area contributed by atoms with Crippen molar-refractivity contribution in [2.45, 2.75) is 77.5 Å². The molecular weight excluding hydrogens is 381 g/mol. The molecule has 0 aliphatic heterocycles. The number of ketones is 1. The van der Waals surface area contributed by atoms with E-state index in [0.29, 0.717) is 42.3 Å². The zero-order valence-corrected chi connectivity index (χ0v) is 17.0. The first kappa shape index (κ1) is 19.7. The standard InChI is InChI=1S/C23H29F3O3/c1-21-8-7-16-14(15(21)5-6-19(21)27)4-3-13-10-17-12(11-22(13,16)2)9-18(29-17)20(28)23(24,25)26/h9,13-16,19,27H,3-8,10-11H2,1-2H3/t13-,14?,15?,16?,19-,21-,22-/m0/s1. The van der Waals surface area contributed by atoms with Gasteiger partial charge in [0, 0.05) is 6.42 Å². The van der Waals surface area contributed by atoms with Crippen LogP contribution in [0.5, 0.6) is 0 Å². The first-order chi connectivity index (χ1) is 13.5. The van der Waals surface area contributed by atoms with E-state index in [1.165, 1.54) is 6.07 Å². The number of furan rings is 1. The molecule has 1 N–H and O–H groups in total. The molecule has 1 heterocycles. The van der Waals surface area contributed by atoms with Crippen molar-refractivity contribution in [1.29, 1.82) is 0 Å². The van der Waals surface area contributed by atoms with Gasteiger partial charge in [0.2, 0.25) is 0 Å². The van der Waals surface area contributed by atoms with E-state index in [4.69, 9.17) is 4.42 Å². The Morgan fingerprint density at radius 2 is 1.83 bits per heavy atom. The van der Waals surface area contributed by atoms with Gasteiger partial charge in [-0.2, -0.15) is 13.2 Å². The lowest BCUT2D eigenvalue weighted by atomic mass is 9.45. The number of rotatable bonds is 1. The Bertz CT molecular complexity index is 843. The molecule has 5 rings (SSSR count). The van der Waals surface area contributed by atoms with E-state index in [1.807, 2.05) is 0 Å². The molecule has 4 aliphatic carbocycles. The van der Waals surface area contributed by atoms with Crippen LogP contribution in [0.4, 0.5) is 13.2 Å². The molecule has 3 saturated carbocycles. The number of aliphatic hydroxyl groups excluding tert-OH is 1. The lowest BCUT2D eigenvalue weighted by Gasteiger charge is -2.59. The van der Waals surface area contributed by atoms with Gasteiger partial charge in [0.05, 0.1) is 6.10 Å². The van der Waals surface area contributed by atoms with Gasteiger partial charge in [-0.25, -0.2) is 0 Å². The molecule has 0 radical (unpaired) electrons. The van der Waals surface area contributed by atoms with Crippen LogP contribution >= 0.6 is 0 Å². The second-order valence-electron chi connectivity index (χ2n) is 10.6. The highest BCUT2D eigenvalue weighted by atomic mass is 19.4. The van der Waals surface area contributed by atoms with Gasteiger partial charge in [-0.1, -0.05) is 13.8 Å². The lowest BCUT2D eigenvalue weighted by Crippen LogP contribution is -2.54. The third-order valence-electron chi connectivity index (χ3n) is 9.40. The minimum absolute atomic E-state index is 0.0200. The molecule has 7 atom stereocenters. The molecule has 6 heteroatoms. The number of hydrogen-bond donors (Lipinski definition) is 1. The minimum atomic E-state index is -4.90. The van der Waals surface area contributed by atoms with Crippen LogP contribution in [0.2, 0.25) is 0 Å². The van der Waals surface area contributed by atoms with Gasteiger partial charge in [-0.15, -0.1) is 0 Å². The molecule has 4 aliphatic rings. The molecule has 0 bridgehead atoms. The average Bonchev–Trinajstić information content (AvgIpc) is 3.18. The predicted octanol–water partition coefficient (Wildman–Crippen LogP) is 5.34. The normalized spacial score (nSPS) is 43.9. The van der Waals surface area contributed by atoms with Gasteiger partial charge >= 0.3 is 12.0 Å². The quantitative estimate of drug-likeness (QED) is 0.636. The van der Waals surface area contributed by atoms with Crippen LogP contribution in [0, 0.1) is 34.5 Å². The Morgan fingerprint density at radius 3 is 2.55 bits per heavy atom. The first-order valence-corrected chi connectivity index (χ1v) is 10.9. The van der Waals surface area contributed by atoms with Gasteiger partial charge in [0.15, 0.2) is 5.76 Å². The Kier molecular flexibility index (Phi) is 4.14. The molecule has 3 fully saturated rings. The van der Waals surface area contributed by atoms with Crippen molar-refractivity contribution in [3.63, 3.8) is 0 Å². The number of fused-ring (bicyclic) bond motifs is 6. The van der Waals surface area contributed by atoms with Crippen molar-refractivity contribution >= 4 is 5.78 Å². The molecule has 3 nitrogen and oxygen atoms in total. The molecule has 0 amide bonds. The third-order valence-corrected chi connectivity index (χ3v) is 9.40. The van der Waals surface area contributed by atoms with E-state index < -0.39 is 17.7 Å². The summed E-state index contributed by atoms with van der Waals surface area (Å²) in [6.45, 7) is 4.56. The number of carbonyl (C=O) groups excluding carboxylic acids is 1. The zero-order chi connectivity index (χ0) is 20.8. The predicted molar refractivity (Wildman–Crippen MR) is 100 cm³/mol. The largest absolute Gasteiger partial charge is 0.458 e. The number of carbonyl (C=O) groups is 1. The van der Waals surface area contributed by atoms with E-state index >= 15 is 0 Å². The number of aliphatic hydroxyl groups is 1. The molecule has 3 unspecified atom stereocenters. The van der Waals surface area contributed by atoms with Crippen molar-refractivity contribution in [2.24, 2.45) is 34.5 Å². The van der Waals surface area contributed by atoms with Crippen molar-refractivity contribution in [1.82, 2.24) is 0 Å².